The summed E-state index contributed by atoms with van der Waals surface area (Å²) >= 11 is 0. The largest absolute Gasteiger partial charge is 0.359 e. The molecule has 0 aliphatic rings. The molecule has 2 N–H and O–H groups in total. The topological polar surface area (TPSA) is 41.1 Å². The van der Waals surface area contributed by atoms with Crippen molar-refractivity contribution in [2.45, 2.75) is 46.7 Å². The maximum Gasteiger partial charge on any atom is 0.147 e. The molecule has 2 rings (SSSR count). The standard InChI is InChI=1S/C30H36N2O/c1-6-12-29(25(5)32-30(13-7-2)24(4)22-33)18-23(3)28-17-11-16-27(19-28)21-31-20-26-14-9-8-10-15-26/h6,8-12,14-19,22,31-32H,3,5,7,13,20-21H2,1-2,4H3/b12-6-,29-18+,30-24+. The zero-order valence-corrected chi connectivity index (χ0v) is 20.2. The summed E-state index contributed by atoms with van der Waals surface area (Å²) in [4.78, 5) is 11.3. The molecule has 0 fully saturated rings. The van der Waals surface area contributed by atoms with Crippen LogP contribution in [0.4, 0.5) is 0 Å². The predicted molar refractivity (Wildman–Crippen MR) is 141 cm³/mol. The van der Waals surface area contributed by atoms with E-state index in [1.54, 1.807) is 0 Å². The normalized spacial score (nSPS) is 12.4. The van der Waals surface area contributed by atoms with Crippen molar-refractivity contribution in [1.29, 1.82) is 0 Å². The van der Waals surface area contributed by atoms with Crippen LogP contribution < -0.4 is 10.6 Å². The second-order valence-corrected chi connectivity index (χ2v) is 8.05. The van der Waals surface area contributed by atoms with Crippen LogP contribution in [0, 0.1) is 0 Å². The Labute approximate surface area is 199 Å². The number of benzene rings is 2. The van der Waals surface area contributed by atoms with Gasteiger partial charge in [0.25, 0.3) is 0 Å². The van der Waals surface area contributed by atoms with Gasteiger partial charge in [-0.15, -0.1) is 0 Å². The Bertz CT molecular complexity index is 1040. The highest BCUT2D eigenvalue weighted by Gasteiger charge is 2.07. The minimum Gasteiger partial charge on any atom is -0.359 e. The van der Waals surface area contributed by atoms with Gasteiger partial charge in [0.1, 0.15) is 6.29 Å². The van der Waals surface area contributed by atoms with Crippen molar-refractivity contribution < 1.29 is 4.79 Å². The third-order valence-electron chi connectivity index (χ3n) is 5.28. The Morgan fingerprint density at radius 3 is 2.36 bits per heavy atom. The first-order valence-corrected chi connectivity index (χ1v) is 11.5. The zero-order chi connectivity index (χ0) is 24.1. The van der Waals surface area contributed by atoms with Gasteiger partial charge < -0.3 is 10.6 Å². The Kier molecular flexibility index (Phi) is 10.9. The number of rotatable bonds is 13. The molecule has 0 unspecified atom stereocenters. The van der Waals surface area contributed by atoms with Crippen molar-refractivity contribution >= 4 is 11.9 Å². The van der Waals surface area contributed by atoms with Crippen LogP contribution in [0.15, 0.2) is 109 Å². The van der Waals surface area contributed by atoms with E-state index in [9.17, 15) is 4.79 Å². The third-order valence-corrected chi connectivity index (χ3v) is 5.28. The molecule has 0 aromatic heterocycles. The highest BCUT2D eigenvalue weighted by atomic mass is 16.1. The van der Waals surface area contributed by atoms with Crippen LogP contribution in [0.2, 0.25) is 0 Å². The van der Waals surface area contributed by atoms with E-state index in [2.05, 4.69) is 79.2 Å². The van der Waals surface area contributed by atoms with Gasteiger partial charge in [0.15, 0.2) is 0 Å². The highest BCUT2D eigenvalue weighted by molar-refractivity contribution is 5.75. The molecule has 3 nitrogen and oxygen atoms in total. The van der Waals surface area contributed by atoms with Gasteiger partial charge in [-0.2, -0.15) is 0 Å². The fourth-order valence-electron chi connectivity index (χ4n) is 3.45. The molecule has 2 aromatic rings. The summed E-state index contributed by atoms with van der Waals surface area (Å²) in [5.74, 6) is 0. The van der Waals surface area contributed by atoms with Crippen LogP contribution >= 0.6 is 0 Å². The lowest BCUT2D eigenvalue weighted by Crippen LogP contribution is -2.15. The maximum absolute atomic E-state index is 11.3. The van der Waals surface area contributed by atoms with Gasteiger partial charge in [0.05, 0.1) is 0 Å². The molecular weight excluding hydrogens is 404 g/mol. The lowest BCUT2D eigenvalue weighted by Gasteiger charge is -2.16. The van der Waals surface area contributed by atoms with Crippen LogP contribution in [-0.2, 0) is 17.9 Å². The molecule has 0 saturated carbocycles. The summed E-state index contributed by atoms with van der Waals surface area (Å²) in [6.45, 7) is 16.0. The number of carbonyl (C=O) groups excluding carboxylic acids is 1. The number of hydrogen-bond donors (Lipinski definition) is 2. The number of hydrogen-bond acceptors (Lipinski definition) is 3. The minimum atomic E-state index is 0.701. The molecule has 0 saturated heterocycles. The van der Waals surface area contributed by atoms with Gasteiger partial charge in [0, 0.05) is 30.1 Å². The lowest BCUT2D eigenvalue weighted by molar-refractivity contribution is -0.104. The summed E-state index contributed by atoms with van der Waals surface area (Å²) in [6.07, 6.45) is 8.65. The Balaban J connectivity index is 2.13. The van der Waals surface area contributed by atoms with E-state index < -0.39 is 0 Å². The second-order valence-electron chi connectivity index (χ2n) is 8.05. The van der Waals surface area contributed by atoms with Crippen molar-refractivity contribution in [3.8, 4) is 0 Å². The number of carbonyl (C=O) groups is 1. The van der Waals surface area contributed by atoms with Crippen LogP contribution in [0.25, 0.3) is 5.57 Å². The third kappa shape index (κ3) is 8.55. The second kappa shape index (κ2) is 13.9. The average molecular weight is 441 g/mol. The molecule has 33 heavy (non-hydrogen) atoms. The summed E-state index contributed by atoms with van der Waals surface area (Å²) in [5, 5.41) is 6.85. The molecule has 0 atom stereocenters. The Hall–Kier alpha value is -3.43. The molecular formula is C30H36N2O. The molecule has 3 heteroatoms. The fraction of sp³-hybridized carbons (Fsp3) is 0.233. The van der Waals surface area contributed by atoms with Crippen molar-refractivity contribution in [3.63, 3.8) is 0 Å². The van der Waals surface area contributed by atoms with E-state index in [1.807, 2.05) is 38.1 Å². The number of allylic oxidation sites excluding steroid dienone is 6. The van der Waals surface area contributed by atoms with Gasteiger partial charge in [-0.05, 0) is 60.2 Å². The van der Waals surface area contributed by atoms with Crippen molar-refractivity contribution in [2.75, 3.05) is 0 Å². The smallest absolute Gasteiger partial charge is 0.147 e. The molecule has 0 heterocycles. The molecule has 0 radical (unpaired) electrons. The van der Waals surface area contributed by atoms with E-state index in [4.69, 9.17) is 0 Å². The molecule has 0 spiro atoms. The van der Waals surface area contributed by atoms with Crippen LogP contribution in [0.1, 0.15) is 50.3 Å². The van der Waals surface area contributed by atoms with Gasteiger partial charge in [-0.25, -0.2) is 0 Å². The van der Waals surface area contributed by atoms with E-state index in [1.165, 1.54) is 11.1 Å². The molecule has 0 aliphatic carbocycles. The molecule has 0 aliphatic heterocycles. The molecule has 172 valence electrons. The van der Waals surface area contributed by atoms with Crippen LogP contribution in [0.5, 0.6) is 0 Å². The van der Waals surface area contributed by atoms with E-state index >= 15 is 0 Å². The summed E-state index contributed by atoms with van der Waals surface area (Å²) in [6, 6.07) is 18.8. The first-order valence-electron chi connectivity index (χ1n) is 11.5. The molecule has 2 aromatic carbocycles. The first kappa shape index (κ1) is 25.8. The maximum atomic E-state index is 11.3. The average Bonchev–Trinajstić information content (AvgIpc) is 2.83. The van der Waals surface area contributed by atoms with Crippen molar-refractivity contribution in [1.82, 2.24) is 10.6 Å². The fourth-order valence-corrected chi connectivity index (χ4v) is 3.45. The highest BCUT2D eigenvalue weighted by Crippen LogP contribution is 2.21. The van der Waals surface area contributed by atoms with E-state index in [-0.39, 0.29) is 0 Å². The monoisotopic (exact) mass is 440 g/mol. The quantitative estimate of drug-likeness (QED) is 0.203. The van der Waals surface area contributed by atoms with E-state index in [0.717, 1.165) is 60.3 Å². The van der Waals surface area contributed by atoms with Gasteiger partial charge in [-0.3, -0.25) is 4.79 Å². The van der Waals surface area contributed by atoms with Crippen LogP contribution in [-0.4, -0.2) is 6.29 Å². The van der Waals surface area contributed by atoms with Crippen LogP contribution in [0.3, 0.4) is 0 Å². The van der Waals surface area contributed by atoms with E-state index in [0.29, 0.717) is 5.57 Å². The predicted octanol–water partition coefficient (Wildman–Crippen LogP) is 6.87. The first-order chi connectivity index (χ1) is 16.0. The lowest BCUT2D eigenvalue weighted by atomic mass is 10.0. The molecule has 0 bridgehead atoms. The van der Waals surface area contributed by atoms with Gasteiger partial charge in [-0.1, -0.05) is 87.2 Å². The van der Waals surface area contributed by atoms with Crippen molar-refractivity contribution in [2.24, 2.45) is 0 Å². The summed E-state index contributed by atoms with van der Waals surface area (Å²) < 4.78 is 0. The zero-order valence-electron chi connectivity index (χ0n) is 20.2. The van der Waals surface area contributed by atoms with Crippen molar-refractivity contribution in [3.05, 3.63) is 125 Å². The molecule has 0 amide bonds. The van der Waals surface area contributed by atoms with Gasteiger partial charge in [0.2, 0.25) is 0 Å². The Morgan fingerprint density at radius 2 is 1.70 bits per heavy atom. The SMILES string of the molecule is C=C(N/C(CCC)=C(\C)C=O)C(/C=C\C)=C/C(=C)c1cccc(CNCc2ccccc2)c1. The Morgan fingerprint density at radius 1 is 1.00 bits per heavy atom. The minimum absolute atomic E-state index is 0.701. The number of aldehydes is 1. The van der Waals surface area contributed by atoms with Gasteiger partial charge >= 0.3 is 0 Å². The summed E-state index contributed by atoms with van der Waals surface area (Å²) in [5.41, 5.74) is 7.74. The summed E-state index contributed by atoms with van der Waals surface area (Å²) in [7, 11) is 0. The number of nitrogens with one attached hydrogen (secondary N) is 2.